The smallest absolute Gasteiger partial charge is 0.353 e. The molecule has 0 bridgehead atoms. The molecule has 1 aromatic carbocycles. The Balaban J connectivity index is 0.000000241. The van der Waals surface area contributed by atoms with Crippen molar-refractivity contribution in [3.63, 3.8) is 0 Å². The highest BCUT2D eigenvalue weighted by molar-refractivity contribution is 5.82. The lowest BCUT2D eigenvalue weighted by Crippen LogP contribution is -2.60. The first-order valence-electron chi connectivity index (χ1n) is 11.4. The second kappa shape index (κ2) is 11.0. The van der Waals surface area contributed by atoms with Crippen LogP contribution >= 0.6 is 0 Å². The molecular formula is C24H35F3N2O2. The third-order valence-corrected chi connectivity index (χ3v) is 6.30. The van der Waals surface area contributed by atoms with Gasteiger partial charge < -0.3 is 10.2 Å². The second-order valence-corrected chi connectivity index (χ2v) is 8.55. The monoisotopic (exact) mass is 440 g/mol. The van der Waals surface area contributed by atoms with Crippen molar-refractivity contribution >= 4 is 11.8 Å². The molecule has 31 heavy (non-hydrogen) atoms. The fourth-order valence-electron chi connectivity index (χ4n) is 4.51. The van der Waals surface area contributed by atoms with Gasteiger partial charge in [-0.3, -0.25) is 9.59 Å². The normalized spacial score (nSPS) is 23.4. The summed E-state index contributed by atoms with van der Waals surface area (Å²) in [6, 6.07) is 6.60. The first-order valence-corrected chi connectivity index (χ1v) is 11.4. The fraction of sp³-hybridized carbons (Fsp3) is 0.667. The maximum Gasteiger partial charge on any atom is 0.416 e. The molecule has 2 saturated carbocycles. The molecule has 4 rings (SSSR count). The second-order valence-electron chi connectivity index (χ2n) is 8.55. The van der Waals surface area contributed by atoms with Crippen LogP contribution in [0.15, 0.2) is 30.3 Å². The summed E-state index contributed by atoms with van der Waals surface area (Å²) >= 11 is 0. The topological polar surface area (TPSA) is 49.4 Å². The quantitative estimate of drug-likeness (QED) is 0.682. The van der Waals surface area contributed by atoms with Crippen molar-refractivity contribution in [1.82, 2.24) is 10.2 Å². The zero-order chi connectivity index (χ0) is 23.1. The lowest BCUT2D eigenvalue weighted by atomic mass is 9.74. The van der Waals surface area contributed by atoms with Gasteiger partial charge >= 0.3 is 6.18 Å². The average Bonchev–Trinajstić information content (AvgIpc) is 3.21. The number of carbonyl (C=O) groups excluding carboxylic acids is 2. The highest BCUT2D eigenvalue weighted by Gasteiger charge is 2.49. The molecule has 1 aliphatic heterocycles. The summed E-state index contributed by atoms with van der Waals surface area (Å²) in [5.41, 5.74) is -0.107. The molecule has 2 aliphatic carbocycles. The predicted molar refractivity (Wildman–Crippen MR) is 115 cm³/mol. The van der Waals surface area contributed by atoms with E-state index in [1.54, 1.807) is 6.07 Å². The van der Waals surface area contributed by atoms with Crippen molar-refractivity contribution in [3.05, 3.63) is 35.9 Å². The van der Waals surface area contributed by atoms with Crippen LogP contribution in [0.4, 0.5) is 13.2 Å². The minimum Gasteiger partial charge on any atom is -0.353 e. The van der Waals surface area contributed by atoms with Gasteiger partial charge in [0.05, 0.1) is 5.56 Å². The van der Waals surface area contributed by atoms with E-state index in [9.17, 15) is 22.8 Å². The van der Waals surface area contributed by atoms with Gasteiger partial charge in [-0.05, 0) is 25.7 Å². The van der Waals surface area contributed by atoms with Crippen LogP contribution in [0.2, 0.25) is 0 Å². The van der Waals surface area contributed by atoms with Gasteiger partial charge in [0.1, 0.15) is 0 Å². The molecule has 1 heterocycles. The SMILES string of the molecule is CC.CCC(=O)NC1CC(C(=O)N2CC3(CCCC3)C2)C1.FC(F)(F)c1ccccc1. The zero-order valence-electron chi connectivity index (χ0n) is 18.8. The van der Waals surface area contributed by atoms with Crippen molar-refractivity contribution in [2.24, 2.45) is 11.3 Å². The van der Waals surface area contributed by atoms with Gasteiger partial charge in [0.25, 0.3) is 0 Å². The lowest BCUT2D eigenvalue weighted by Gasteiger charge is -2.51. The molecular weight excluding hydrogens is 405 g/mol. The van der Waals surface area contributed by atoms with Crippen LogP contribution in [-0.2, 0) is 15.8 Å². The first kappa shape index (κ1) is 25.2. The lowest BCUT2D eigenvalue weighted by molar-refractivity contribution is -0.151. The number of carbonyl (C=O) groups is 2. The average molecular weight is 441 g/mol. The third kappa shape index (κ3) is 6.71. The van der Waals surface area contributed by atoms with Crippen LogP contribution in [0.1, 0.15) is 71.3 Å². The summed E-state index contributed by atoms with van der Waals surface area (Å²) in [5, 5.41) is 2.96. The first-order chi connectivity index (χ1) is 14.7. The zero-order valence-corrected chi connectivity index (χ0v) is 18.8. The van der Waals surface area contributed by atoms with Gasteiger partial charge in [0.2, 0.25) is 11.8 Å². The number of nitrogens with one attached hydrogen (secondary N) is 1. The molecule has 3 aliphatic rings. The highest BCUT2D eigenvalue weighted by atomic mass is 19.4. The molecule has 0 atom stereocenters. The number of hydrogen-bond acceptors (Lipinski definition) is 2. The van der Waals surface area contributed by atoms with Crippen LogP contribution in [0.5, 0.6) is 0 Å². The number of halogens is 3. The Bertz CT molecular complexity index is 701. The number of likely N-dealkylation sites (tertiary alicyclic amines) is 1. The molecule has 1 saturated heterocycles. The molecule has 2 amide bonds. The Morgan fingerprint density at radius 3 is 2.06 bits per heavy atom. The van der Waals surface area contributed by atoms with Gasteiger partial charge in [-0.1, -0.05) is 63.9 Å². The van der Waals surface area contributed by atoms with Crippen LogP contribution in [0.3, 0.4) is 0 Å². The number of benzene rings is 1. The Morgan fingerprint density at radius 2 is 1.61 bits per heavy atom. The summed E-state index contributed by atoms with van der Waals surface area (Å²) in [6.07, 6.45) is 3.33. The van der Waals surface area contributed by atoms with Gasteiger partial charge in [-0.2, -0.15) is 13.2 Å². The minimum absolute atomic E-state index is 0.102. The maximum absolute atomic E-state index is 12.3. The third-order valence-electron chi connectivity index (χ3n) is 6.30. The Kier molecular flexibility index (Phi) is 8.95. The molecule has 0 unspecified atom stereocenters. The van der Waals surface area contributed by atoms with Crippen molar-refractivity contribution in [3.8, 4) is 0 Å². The van der Waals surface area contributed by atoms with Crippen molar-refractivity contribution in [2.75, 3.05) is 13.1 Å². The number of rotatable bonds is 3. The Labute approximate surface area is 183 Å². The van der Waals surface area contributed by atoms with Crippen molar-refractivity contribution < 1.29 is 22.8 Å². The Hall–Kier alpha value is -2.05. The van der Waals surface area contributed by atoms with E-state index in [2.05, 4.69) is 5.32 Å². The van der Waals surface area contributed by atoms with Crippen LogP contribution < -0.4 is 5.32 Å². The van der Waals surface area contributed by atoms with Gasteiger partial charge in [0.15, 0.2) is 0 Å². The van der Waals surface area contributed by atoms with Crippen LogP contribution in [-0.4, -0.2) is 35.8 Å². The van der Waals surface area contributed by atoms with Gasteiger partial charge in [-0.25, -0.2) is 0 Å². The van der Waals surface area contributed by atoms with Gasteiger partial charge in [0, 0.05) is 36.9 Å². The largest absolute Gasteiger partial charge is 0.416 e. The van der Waals surface area contributed by atoms with E-state index >= 15 is 0 Å². The van der Waals surface area contributed by atoms with Gasteiger partial charge in [-0.15, -0.1) is 0 Å². The molecule has 1 aromatic rings. The van der Waals surface area contributed by atoms with E-state index in [0.29, 0.717) is 17.7 Å². The van der Waals surface area contributed by atoms with E-state index in [-0.39, 0.29) is 17.9 Å². The molecule has 174 valence electrons. The molecule has 4 nitrogen and oxygen atoms in total. The van der Waals surface area contributed by atoms with E-state index < -0.39 is 11.7 Å². The number of amides is 2. The van der Waals surface area contributed by atoms with Crippen LogP contribution in [0.25, 0.3) is 0 Å². The molecule has 1 N–H and O–H groups in total. The van der Waals surface area contributed by atoms with Crippen molar-refractivity contribution in [1.29, 1.82) is 0 Å². The predicted octanol–water partition coefficient (Wildman–Crippen LogP) is 5.43. The van der Waals surface area contributed by atoms with E-state index in [1.165, 1.54) is 37.8 Å². The molecule has 0 radical (unpaired) electrons. The standard InChI is InChI=1S/C15H24N2O2.C7H5F3.C2H6/c1-2-13(18)16-12-7-11(8-12)14(19)17-9-15(10-17)5-3-4-6-15;8-7(9,10)6-4-2-1-3-5-6;1-2/h11-12H,2-10H2,1H3,(H,16,18);1-5H;1-2H3. The van der Waals surface area contributed by atoms with E-state index in [0.717, 1.165) is 38.1 Å². The number of hydrogen-bond donors (Lipinski definition) is 1. The fourth-order valence-corrected chi connectivity index (χ4v) is 4.51. The summed E-state index contributed by atoms with van der Waals surface area (Å²) in [6.45, 7) is 7.85. The van der Waals surface area contributed by atoms with Crippen molar-refractivity contribution in [2.45, 2.75) is 77.9 Å². The minimum atomic E-state index is -4.21. The Morgan fingerprint density at radius 1 is 1.06 bits per heavy atom. The number of alkyl halides is 3. The summed E-state index contributed by atoms with van der Waals surface area (Å²) in [4.78, 5) is 25.6. The van der Waals surface area contributed by atoms with Crippen LogP contribution in [0, 0.1) is 11.3 Å². The summed E-state index contributed by atoms with van der Waals surface area (Å²) in [7, 11) is 0. The summed E-state index contributed by atoms with van der Waals surface area (Å²) in [5.74, 6) is 0.602. The molecule has 3 fully saturated rings. The summed E-state index contributed by atoms with van der Waals surface area (Å²) < 4.78 is 35.4. The van der Waals surface area contributed by atoms with E-state index in [4.69, 9.17) is 0 Å². The molecule has 7 heteroatoms. The molecule has 0 aromatic heterocycles. The van der Waals surface area contributed by atoms with E-state index in [1.807, 2.05) is 25.7 Å². The molecule has 1 spiro atoms. The highest BCUT2D eigenvalue weighted by Crippen LogP contribution is 2.46. The number of nitrogens with zero attached hydrogens (tertiary/aromatic N) is 1. The maximum atomic E-state index is 12.3.